The smallest absolute Gasteiger partial charge is 0.387 e. The minimum atomic E-state index is -4.00. The predicted octanol–water partition coefficient (Wildman–Crippen LogP) is 5.63. The number of alkyl halides is 2. The molecule has 0 unspecified atom stereocenters. The number of ether oxygens (including phenoxy) is 3. The van der Waals surface area contributed by atoms with Gasteiger partial charge in [-0.05, 0) is 60.2 Å². The van der Waals surface area contributed by atoms with Crippen molar-refractivity contribution < 1.29 is 41.0 Å². The van der Waals surface area contributed by atoms with E-state index in [0.29, 0.717) is 23.7 Å². The van der Waals surface area contributed by atoms with Crippen LogP contribution in [0.5, 0.6) is 11.5 Å². The molecular weight excluding hydrogens is 667 g/mol. The number of halogens is 4. The maximum absolute atomic E-state index is 13.4. The van der Waals surface area contributed by atoms with Crippen molar-refractivity contribution in [1.82, 2.24) is 14.2 Å². The highest BCUT2D eigenvalue weighted by atomic mass is 35.5. The van der Waals surface area contributed by atoms with Gasteiger partial charge in [0, 0.05) is 51.6 Å². The molecule has 1 aliphatic heterocycles. The number of pyridine rings is 1. The van der Waals surface area contributed by atoms with E-state index in [4.69, 9.17) is 32.7 Å². The van der Waals surface area contributed by atoms with E-state index >= 15 is 0 Å². The average molecular weight is 699 g/mol. The van der Waals surface area contributed by atoms with Crippen molar-refractivity contribution in [2.24, 2.45) is 11.8 Å². The van der Waals surface area contributed by atoms with Crippen LogP contribution in [-0.2, 0) is 26.0 Å². The van der Waals surface area contributed by atoms with Crippen molar-refractivity contribution in [3.8, 4) is 11.5 Å². The quantitative estimate of drug-likeness (QED) is 0.211. The molecule has 2 heterocycles. The van der Waals surface area contributed by atoms with Crippen molar-refractivity contribution in [2.45, 2.75) is 36.9 Å². The first-order valence-corrected chi connectivity index (χ1v) is 16.5. The number of hydrogen-bond donors (Lipinski definition) is 0. The molecule has 3 aromatic rings. The molecular formula is C31H31Cl2F2N3O7S. The highest BCUT2D eigenvalue weighted by molar-refractivity contribution is 7.89. The highest BCUT2D eigenvalue weighted by Crippen LogP contribution is 2.38. The van der Waals surface area contributed by atoms with Gasteiger partial charge in [-0.15, -0.1) is 0 Å². The van der Waals surface area contributed by atoms with Crippen molar-refractivity contribution in [3.63, 3.8) is 0 Å². The molecule has 46 heavy (non-hydrogen) atoms. The molecule has 0 radical (unpaired) electrons. The van der Waals surface area contributed by atoms with Crippen molar-refractivity contribution >= 4 is 45.1 Å². The van der Waals surface area contributed by atoms with Crippen molar-refractivity contribution in [2.75, 3.05) is 33.8 Å². The Balaban J connectivity index is 1.35. The average Bonchev–Trinajstić information content (AvgIpc) is 3.81. The normalized spacial score (nSPS) is 16.1. The molecule has 2 fully saturated rings. The number of aromatic nitrogens is 1. The zero-order valence-electron chi connectivity index (χ0n) is 24.9. The molecule has 246 valence electrons. The summed E-state index contributed by atoms with van der Waals surface area (Å²) in [5.74, 6) is -1.60. The number of carbonyl (C=O) groups excluding carboxylic acids is 2. The molecule has 2 aromatic carbocycles. The summed E-state index contributed by atoms with van der Waals surface area (Å²) in [6.07, 6.45) is 3.72. The van der Waals surface area contributed by atoms with Crippen LogP contribution in [0.3, 0.4) is 0 Å². The summed E-state index contributed by atoms with van der Waals surface area (Å²) < 4.78 is 70.3. The van der Waals surface area contributed by atoms with Crippen LogP contribution in [-0.4, -0.2) is 74.9 Å². The number of hydrogen-bond acceptors (Lipinski definition) is 8. The van der Waals surface area contributed by atoms with E-state index in [9.17, 15) is 26.8 Å². The van der Waals surface area contributed by atoms with Gasteiger partial charge in [-0.25, -0.2) is 8.42 Å². The van der Waals surface area contributed by atoms with E-state index in [2.05, 4.69) is 9.72 Å². The Bertz CT molecular complexity index is 1700. The molecule has 10 nitrogen and oxygen atoms in total. The first-order valence-electron chi connectivity index (χ1n) is 14.3. The molecule has 1 saturated heterocycles. The van der Waals surface area contributed by atoms with Crippen LogP contribution in [0.15, 0.2) is 59.8 Å². The molecule has 1 aliphatic carbocycles. The lowest BCUT2D eigenvalue weighted by Gasteiger charge is -2.37. The standard InChI is InChI=1S/C31H31Cl2F2N3O7S/c1-37(2)29(39)20-4-3-5-22(10-20)46(41,42)38-15-21(16-38)30(40)44-27(12-23-24(32)13-36-14-25(23)33)19-8-9-26(45-31(34)35)28(11-19)43-17-18-6-7-18/h3-5,8-11,13-14,18,21,27,31H,6-7,12,15-17H2,1-2H3/t27-/m0/s1. The molecule has 0 bridgehead atoms. The van der Waals surface area contributed by atoms with Crippen LogP contribution in [0.4, 0.5) is 8.78 Å². The maximum Gasteiger partial charge on any atom is 0.387 e. The summed E-state index contributed by atoms with van der Waals surface area (Å²) in [6, 6.07) is 9.95. The molecule has 1 aromatic heterocycles. The Labute approximate surface area is 275 Å². The highest BCUT2D eigenvalue weighted by Gasteiger charge is 2.42. The van der Waals surface area contributed by atoms with E-state index in [1.165, 1.54) is 59.8 Å². The molecule has 1 atom stereocenters. The third kappa shape index (κ3) is 7.88. The number of nitrogens with zero attached hydrogens (tertiary/aromatic N) is 3. The van der Waals surface area contributed by atoms with E-state index in [1.807, 2.05) is 0 Å². The first-order chi connectivity index (χ1) is 21.8. The van der Waals surface area contributed by atoms with Crippen LogP contribution in [0.25, 0.3) is 0 Å². The van der Waals surface area contributed by atoms with Gasteiger partial charge in [0.1, 0.15) is 6.10 Å². The van der Waals surface area contributed by atoms with Gasteiger partial charge in [0.25, 0.3) is 5.91 Å². The van der Waals surface area contributed by atoms with Gasteiger partial charge >= 0.3 is 12.6 Å². The van der Waals surface area contributed by atoms with Gasteiger partial charge in [-0.2, -0.15) is 13.1 Å². The van der Waals surface area contributed by atoms with Crippen LogP contribution < -0.4 is 9.47 Å². The molecule has 0 spiro atoms. The van der Waals surface area contributed by atoms with Crippen LogP contribution >= 0.6 is 23.2 Å². The zero-order chi connectivity index (χ0) is 33.2. The topological polar surface area (TPSA) is 115 Å². The predicted molar refractivity (Wildman–Crippen MR) is 165 cm³/mol. The fourth-order valence-corrected chi connectivity index (χ4v) is 6.88. The lowest BCUT2D eigenvalue weighted by Crippen LogP contribution is -2.53. The largest absolute Gasteiger partial charge is 0.489 e. The molecule has 2 aliphatic rings. The second-order valence-corrected chi connectivity index (χ2v) is 14.0. The van der Waals surface area contributed by atoms with E-state index in [-0.39, 0.29) is 57.4 Å². The Morgan fingerprint density at radius 1 is 1.04 bits per heavy atom. The van der Waals surface area contributed by atoms with Gasteiger partial charge in [-0.3, -0.25) is 14.6 Å². The minimum Gasteiger partial charge on any atom is -0.489 e. The summed E-state index contributed by atoms with van der Waals surface area (Å²) >= 11 is 12.7. The SMILES string of the molecule is CN(C)C(=O)c1cccc(S(=O)(=O)N2CC(C(=O)O[C@@H](Cc3c(Cl)cncc3Cl)c3ccc(OC(F)F)c(OCC4CC4)c3)C2)c1. The second-order valence-electron chi connectivity index (χ2n) is 11.3. The summed E-state index contributed by atoms with van der Waals surface area (Å²) in [6.45, 7) is -3.06. The third-order valence-corrected chi connectivity index (χ3v) is 10.1. The van der Waals surface area contributed by atoms with E-state index < -0.39 is 34.6 Å². The third-order valence-electron chi connectivity index (χ3n) is 7.63. The van der Waals surface area contributed by atoms with Crippen molar-refractivity contribution in [3.05, 3.63) is 81.6 Å². The molecule has 1 saturated carbocycles. The van der Waals surface area contributed by atoms with Gasteiger partial charge < -0.3 is 19.1 Å². The van der Waals surface area contributed by atoms with Gasteiger partial charge in [0.15, 0.2) is 11.5 Å². The number of amides is 1. The lowest BCUT2D eigenvalue weighted by molar-refractivity contribution is -0.158. The van der Waals surface area contributed by atoms with Crippen molar-refractivity contribution in [1.29, 1.82) is 0 Å². The molecule has 1 amide bonds. The number of rotatable bonds is 13. The van der Waals surface area contributed by atoms with Gasteiger partial charge in [0.05, 0.1) is 27.5 Å². The van der Waals surface area contributed by atoms with Gasteiger partial charge in [-0.1, -0.05) is 35.3 Å². The minimum absolute atomic E-state index is 0.00444. The van der Waals surface area contributed by atoms with Crippen LogP contribution in [0, 0.1) is 11.8 Å². The number of esters is 1. The number of carbonyl (C=O) groups is 2. The Kier molecular flexibility index (Phi) is 10.4. The van der Waals surface area contributed by atoms with Crippen LogP contribution in [0.1, 0.15) is 40.4 Å². The van der Waals surface area contributed by atoms with E-state index in [1.54, 1.807) is 14.1 Å². The Morgan fingerprint density at radius 2 is 1.74 bits per heavy atom. The fraction of sp³-hybridized carbons (Fsp3) is 0.387. The lowest BCUT2D eigenvalue weighted by atomic mass is 10.00. The Morgan fingerprint density at radius 3 is 2.37 bits per heavy atom. The fourth-order valence-electron chi connectivity index (χ4n) is 4.79. The van der Waals surface area contributed by atoms with Crippen LogP contribution in [0.2, 0.25) is 10.0 Å². The summed E-state index contributed by atoms with van der Waals surface area (Å²) in [7, 11) is -0.874. The number of benzene rings is 2. The first kappa shape index (κ1) is 33.8. The summed E-state index contributed by atoms with van der Waals surface area (Å²) in [4.78, 5) is 31.0. The monoisotopic (exact) mass is 697 g/mol. The molecule has 15 heteroatoms. The maximum atomic E-state index is 13.4. The zero-order valence-corrected chi connectivity index (χ0v) is 27.2. The summed E-state index contributed by atoms with van der Waals surface area (Å²) in [5, 5.41) is 0.458. The second kappa shape index (κ2) is 14.1. The van der Waals surface area contributed by atoms with Gasteiger partial charge in [0.2, 0.25) is 10.0 Å². The number of sulfonamides is 1. The summed E-state index contributed by atoms with van der Waals surface area (Å²) in [5.41, 5.74) is 1.05. The molecule has 5 rings (SSSR count). The molecule has 0 N–H and O–H groups in total. The van der Waals surface area contributed by atoms with E-state index in [0.717, 1.165) is 17.1 Å². The Hall–Kier alpha value is -3.52.